The summed E-state index contributed by atoms with van der Waals surface area (Å²) >= 11 is 7.39. The van der Waals surface area contributed by atoms with Crippen LogP contribution in [0.4, 0.5) is 11.5 Å². The number of benzene rings is 1. The molecule has 2 rings (SSSR count). The molecule has 7 heteroatoms. The lowest BCUT2D eigenvalue weighted by atomic mass is 10.2. The molecule has 0 atom stereocenters. The van der Waals surface area contributed by atoms with Gasteiger partial charge in [-0.3, -0.25) is 10.1 Å². The summed E-state index contributed by atoms with van der Waals surface area (Å²) in [6.45, 7) is 0. The molecule has 0 unspecified atom stereocenters. The minimum absolute atomic E-state index is 0.0610. The van der Waals surface area contributed by atoms with Crippen LogP contribution in [0.3, 0.4) is 0 Å². The zero-order chi connectivity index (χ0) is 13.8. The maximum Gasteiger partial charge on any atom is 0.275 e. The molecule has 1 heterocycles. The molecule has 1 aromatic heterocycles. The second-order valence-corrected chi connectivity index (χ2v) is 5.13. The summed E-state index contributed by atoms with van der Waals surface area (Å²) in [5.74, 6) is 0.712. The number of nitrogens with zero attached hydrogens (tertiary/aromatic N) is 2. The van der Waals surface area contributed by atoms with Gasteiger partial charge in [-0.15, -0.1) is 11.8 Å². The molecule has 0 saturated heterocycles. The molecule has 1 aromatic carbocycles. The molecule has 19 heavy (non-hydrogen) atoms. The van der Waals surface area contributed by atoms with Crippen molar-refractivity contribution in [2.45, 2.75) is 10.8 Å². The molecule has 2 N–H and O–H groups in total. The summed E-state index contributed by atoms with van der Waals surface area (Å²) in [5.41, 5.74) is 6.43. The van der Waals surface area contributed by atoms with Crippen molar-refractivity contribution >= 4 is 34.9 Å². The fourth-order valence-electron chi connectivity index (χ4n) is 1.46. The van der Waals surface area contributed by atoms with Crippen LogP contribution in [0.2, 0.25) is 5.02 Å². The van der Waals surface area contributed by atoms with Crippen LogP contribution >= 0.6 is 23.4 Å². The Hall–Kier alpha value is -1.79. The molecule has 0 spiro atoms. The molecule has 0 bridgehead atoms. The fraction of sp³-hybridized carbons (Fsp3) is 0.0833. The summed E-state index contributed by atoms with van der Waals surface area (Å²) in [7, 11) is 0. The van der Waals surface area contributed by atoms with E-state index < -0.39 is 4.92 Å². The summed E-state index contributed by atoms with van der Waals surface area (Å²) in [6.07, 6.45) is 0. The first kappa shape index (κ1) is 13.6. The number of thioether (sulfide) groups is 1. The molecular weight excluding hydrogens is 286 g/mol. The van der Waals surface area contributed by atoms with Crippen molar-refractivity contribution in [1.29, 1.82) is 0 Å². The van der Waals surface area contributed by atoms with E-state index in [0.717, 1.165) is 5.56 Å². The summed E-state index contributed by atoms with van der Waals surface area (Å²) in [4.78, 5) is 14.3. The van der Waals surface area contributed by atoms with E-state index in [0.29, 0.717) is 15.8 Å². The molecule has 0 saturated carbocycles. The van der Waals surface area contributed by atoms with Crippen molar-refractivity contribution < 1.29 is 4.92 Å². The number of hydrogen-bond donors (Lipinski definition) is 1. The van der Waals surface area contributed by atoms with E-state index in [-0.39, 0.29) is 11.5 Å². The van der Waals surface area contributed by atoms with Crippen molar-refractivity contribution in [3.05, 3.63) is 57.1 Å². The highest BCUT2D eigenvalue weighted by Gasteiger charge is 2.10. The van der Waals surface area contributed by atoms with Crippen LogP contribution in [0, 0.1) is 10.1 Å². The van der Waals surface area contributed by atoms with E-state index >= 15 is 0 Å². The number of aromatic nitrogens is 1. The third kappa shape index (κ3) is 3.59. The SMILES string of the molecule is Nc1cc([N+](=O)[O-])cc(SCc2ccccc2Cl)n1. The van der Waals surface area contributed by atoms with Gasteiger partial charge in [0.2, 0.25) is 0 Å². The Kier molecular flexibility index (Phi) is 4.24. The quantitative estimate of drug-likeness (QED) is 0.530. The maximum atomic E-state index is 10.7. The Morgan fingerprint density at radius 2 is 2.11 bits per heavy atom. The van der Waals surface area contributed by atoms with Gasteiger partial charge in [-0.1, -0.05) is 29.8 Å². The average molecular weight is 296 g/mol. The number of nitro groups is 1. The number of anilines is 1. The highest BCUT2D eigenvalue weighted by molar-refractivity contribution is 7.98. The van der Waals surface area contributed by atoms with Gasteiger partial charge in [0.25, 0.3) is 5.69 Å². The fourth-order valence-corrected chi connectivity index (χ4v) is 2.67. The first-order valence-electron chi connectivity index (χ1n) is 5.34. The minimum Gasteiger partial charge on any atom is -0.383 e. The third-order valence-electron chi connectivity index (χ3n) is 2.35. The largest absolute Gasteiger partial charge is 0.383 e. The second kappa shape index (κ2) is 5.90. The highest BCUT2D eigenvalue weighted by atomic mass is 35.5. The zero-order valence-electron chi connectivity index (χ0n) is 9.75. The van der Waals surface area contributed by atoms with Gasteiger partial charge in [0.1, 0.15) is 10.8 Å². The number of halogens is 1. The van der Waals surface area contributed by atoms with Crippen LogP contribution in [-0.2, 0) is 5.75 Å². The molecule has 0 radical (unpaired) electrons. The van der Waals surface area contributed by atoms with Gasteiger partial charge in [-0.05, 0) is 11.6 Å². The standard InChI is InChI=1S/C12H10ClN3O2S/c13-10-4-2-1-3-8(10)7-19-12-6-9(16(17)18)5-11(14)15-12/h1-6H,7H2,(H2,14,15). The minimum atomic E-state index is -0.488. The Bertz CT molecular complexity index is 622. The van der Waals surface area contributed by atoms with Crippen molar-refractivity contribution in [3.63, 3.8) is 0 Å². The van der Waals surface area contributed by atoms with E-state index in [9.17, 15) is 10.1 Å². The van der Waals surface area contributed by atoms with Gasteiger partial charge in [0, 0.05) is 16.8 Å². The Morgan fingerprint density at radius 1 is 1.37 bits per heavy atom. The van der Waals surface area contributed by atoms with Crippen LogP contribution in [-0.4, -0.2) is 9.91 Å². The van der Waals surface area contributed by atoms with Crippen LogP contribution < -0.4 is 5.73 Å². The van der Waals surface area contributed by atoms with Gasteiger partial charge in [-0.25, -0.2) is 4.98 Å². The number of pyridine rings is 1. The monoisotopic (exact) mass is 295 g/mol. The third-order valence-corrected chi connectivity index (χ3v) is 3.68. The topological polar surface area (TPSA) is 82.0 Å². The predicted molar refractivity (Wildman–Crippen MR) is 76.3 cm³/mol. The van der Waals surface area contributed by atoms with Gasteiger partial charge in [-0.2, -0.15) is 0 Å². The average Bonchev–Trinajstić information content (AvgIpc) is 2.37. The molecule has 0 aliphatic heterocycles. The first-order valence-corrected chi connectivity index (χ1v) is 6.71. The van der Waals surface area contributed by atoms with E-state index in [4.69, 9.17) is 17.3 Å². The molecule has 98 valence electrons. The summed E-state index contributed by atoms with van der Waals surface area (Å²) < 4.78 is 0. The molecule has 0 fully saturated rings. The highest BCUT2D eigenvalue weighted by Crippen LogP contribution is 2.28. The number of nitrogen functional groups attached to an aromatic ring is 1. The second-order valence-electron chi connectivity index (χ2n) is 3.73. The lowest BCUT2D eigenvalue weighted by Gasteiger charge is -2.04. The maximum absolute atomic E-state index is 10.7. The Morgan fingerprint density at radius 3 is 2.79 bits per heavy atom. The smallest absolute Gasteiger partial charge is 0.275 e. The van der Waals surface area contributed by atoms with Gasteiger partial charge < -0.3 is 5.73 Å². The molecule has 0 amide bonds. The van der Waals surface area contributed by atoms with Crippen LogP contribution in [0.1, 0.15) is 5.56 Å². The van der Waals surface area contributed by atoms with Crippen LogP contribution in [0.25, 0.3) is 0 Å². The lowest BCUT2D eigenvalue weighted by molar-refractivity contribution is -0.385. The lowest BCUT2D eigenvalue weighted by Crippen LogP contribution is -1.96. The number of hydrogen-bond acceptors (Lipinski definition) is 5. The Labute approximate surface area is 118 Å². The van der Waals surface area contributed by atoms with Crippen LogP contribution in [0.5, 0.6) is 0 Å². The number of nitrogens with two attached hydrogens (primary N) is 1. The number of rotatable bonds is 4. The summed E-state index contributed by atoms with van der Waals surface area (Å²) in [6, 6.07) is 10.1. The van der Waals surface area contributed by atoms with E-state index in [2.05, 4.69) is 4.98 Å². The van der Waals surface area contributed by atoms with E-state index in [1.54, 1.807) is 6.07 Å². The van der Waals surface area contributed by atoms with E-state index in [1.807, 2.05) is 18.2 Å². The summed E-state index contributed by atoms with van der Waals surface area (Å²) in [5, 5.41) is 11.9. The van der Waals surface area contributed by atoms with Gasteiger partial charge in [0.05, 0.1) is 11.0 Å². The molecule has 5 nitrogen and oxygen atoms in total. The first-order chi connectivity index (χ1) is 9.06. The van der Waals surface area contributed by atoms with Crippen molar-refractivity contribution in [2.24, 2.45) is 0 Å². The van der Waals surface area contributed by atoms with Gasteiger partial charge >= 0.3 is 0 Å². The normalized spacial score (nSPS) is 10.4. The molecular formula is C12H10ClN3O2S. The Balaban J connectivity index is 2.16. The van der Waals surface area contributed by atoms with Crippen molar-refractivity contribution in [1.82, 2.24) is 4.98 Å². The van der Waals surface area contributed by atoms with Crippen molar-refractivity contribution in [3.8, 4) is 0 Å². The van der Waals surface area contributed by atoms with Gasteiger partial charge in [0.15, 0.2) is 0 Å². The van der Waals surface area contributed by atoms with Crippen LogP contribution in [0.15, 0.2) is 41.4 Å². The zero-order valence-corrected chi connectivity index (χ0v) is 11.3. The molecule has 2 aromatic rings. The van der Waals surface area contributed by atoms with E-state index in [1.165, 1.54) is 23.9 Å². The predicted octanol–water partition coefficient (Wildman–Crippen LogP) is 3.52. The molecule has 0 aliphatic carbocycles. The molecule has 0 aliphatic rings. The van der Waals surface area contributed by atoms with Crippen molar-refractivity contribution in [2.75, 3.05) is 5.73 Å².